The van der Waals surface area contributed by atoms with Gasteiger partial charge < -0.3 is 15.3 Å². The molecule has 0 spiro atoms. The number of carboxylic acids is 1. The molecule has 1 rings (SSSR count). The Morgan fingerprint density at radius 1 is 1.32 bits per heavy atom. The van der Waals surface area contributed by atoms with Crippen LogP contribution in [0.15, 0.2) is 27.6 Å². The van der Waals surface area contributed by atoms with E-state index in [1.165, 1.54) is 0 Å². The van der Waals surface area contributed by atoms with Gasteiger partial charge in [-0.05, 0) is 34.1 Å². The third-order valence-corrected chi connectivity index (χ3v) is 4.73. The maximum absolute atomic E-state index is 12.0. The van der Waals surface area contributed by atoms with E-state index in [2.05, 4.69) is 20.7 Å². The molecular weight excluding hydrogens is 342 g/mol. The zero-order valence-electron chi connectivity index (χ0n) is 9.58. The van der Waals surface area contributed by atoms with E-state index in [1.54, 1.807) is 0 Å². The minimum atomic E-state index is -3.97. The molecule has 0 amide bonds. The van der Waals surface area contributed by atoms with E-state index in [4.69, 9.17) is 15.3 Å². The lowest BCUT2D eigenvalue weighted by Gasteiger charge is -2.14. The van der Waals surface area contributed by atoms with Crippen LogP contribution in [0.25, 0.3) is 0 Å². The Labute approximate surface area is 118 Å². The molecule has 106 valence electrons. The van der Waals surface area contributed by atoms with Gasteiger partial charge >= 0.3 is 5.97 Å². The number of rotatable bonds is 6. The third kappa shape index (κ3) is 3.98. The van der Waals surface area contributed by atoms with E-state index < -0.39 is 35.2 Å². The van der Waals surface area contributed by atoms with Crippen molar-refractivity contribution in [1.29, 1.82) is 0 Å². The number of benzene rings is 1. The number of carboxylic acid groups (broad SMARTS) is 1. The quantitative estimate of drug-likeness (QED) is 0.560. The van der Waals surface area contributed by atoms with Crippen LogP contribution in [0.2, 0.25) is 0 Å². The molecule has 1 aromatic carbocycles. The third-order valence-electron chi connectivity index (χ3n) is 2.23. The average molecular weight is 354 g/mol. The summed E-state index contributed by atoms with van der Waals surface area (Å²) in [6.07, 6.45) is 0. The fourth-order valence-corrected chi connectivity index (χ4v) is 3.56. The van der Waals surface area contributed by atoms with Crippen molar-refractivity contribution in [2.24, 2.45) is 0 Å². The highest BCUT2D eigenvalue weighted by Gasteiger charge is 2.22. The van der Waals surface area contributed by atoms with Gasteiger partial charge in [-0.15, -0.1) is 0 Å². The summed E-state index contributed by atoms with van der Waals surface area (Å²) in [5, 5.41) is 26.5. The second-order valence-corrected chi connectivity index (χ2v) is 6.17. The van der Waals surface area contributed by atoms with Crippen LogP contribution in [0.5, 0.6) is 0 Å². The van der Waals surface area contributed by atoms with E-state index in [1.807, 2.05) is 0 Å². The van der Waals surface area contributed by atoms with Crippen LogP contribution in [0.1, 0.15) is 10.4 Å². The van der Waals surface area contributed by atoms with Crippen molar-refractivity contribution in [2.45, 2.75) is 10.9 Å². The SMILES string of the molecule is O=C(O)c1ccc(S(=O)(=O)NC(CO)CO)c(Br)c1. The fourth-order valence-electron chi connectivity index (χ4n) is 1.27. The summed E-state index contributed by atoms with van der Waals surface area (Å²) in [6, 6.07) is 2.41. The van der Waals surface area contributed by atoms with Crippen molar-refractivity contribution in [3.63, 3.8) is 0 Å². The van der Waals surface area contributed by atoms with Gasteiger partial charge in [0.05, 0.1) is 29.7 Å². The number of hydrogen-bond acceptors (Lipinski definition) is 5. The van der Waals surface area contributed by atoms with Crippen molar-refractivity contribution >= 4 is 31.9 Å². The molecule has 0 unspecified atom stereocenters. The summed E-state index contributed by atoms with van der Waals surface area (Å²) in [7, 11) is -3.97. The summed E-state index contributed by atoms with van der Waals surface area (Å²) in [5.74, 6) is -1.18. The molecular formula is C10H12BrNO6S. The number of aliphatic hydroxyl groups is 2. The largest absolute Gasteiger partial charge is 0.478 e. The fraction of sp³-hybridized carbons (Fsp3) is 0.300. The predicted molar refractivity (Wildman–Crippen MR) is 69.4 cm³/mol. The van der Waals surface area contributed by atoms with Crippen molar-refractivity contribution in [3.05, 3.63) is 28.2 Å². The molecule has 0 fully saturated rings. The van der Waals surface area contributed by atoms with E-state index in [-0.39, 0.29) is 14.9 Å². The summed E-state index contributed by atoms with van der Waals surface area (Å²) in [5.41, 5.74) is -0.0632. The van der Waals surface area contributed by atoms with Gasteiger partial charge in [-0.1, -0.05) is 0 Å². The lowest BCUT2D eigenvalue weighted by molar-refractivity contribution is 0.0696. The molecule has 0 atom stereocenters. The number of nitrogens with one attached hydrogen (secondary N) is 1. The lowest BCUT2D eigenvalue weighted by Crippen LogP contribution is -2.40. The minimum Gasteiger partial charge on any atom is -0.478 e. The number of halogens is 1. The van der Waals surface area contributed by atoms with Gasteiger partial charge in [-0.2, -0.15) is 0 Å². The molecule has 9 heteroatoms. The first-order valence-electron chi connectivity index (χ1n) is 5.08. The molecule has 0 aromatic heterocycles. The molecule has 7 nitrogen and oxygen atoms in total. The Kier molecular flexibility index (Phi) is 5.44. The number of sulfonamides is 1. The van der Waals surface area contributed by atoms with Crippen LogP contribution < -0.4 is 4.72 Å². The molecule has 0 saturated heterocycles. The Morgan fingerprint density at radius 3 is 2.32 bits per heavy atom. The first kappa shape index (κ1) is 16.1. The van der Waals surface area contributed by atoms with Crippen LogP contribution >= 0.6 is 15.9 Å². The molecule has 0 heterocycles. The minimum absolute atomic E-state index is 0.0632. The van der Waals surface area contributed by atoms with Gasteiger partial charge in [-0.3, -0.25) is 0 Å². The Hall–Kier alpha value is -1.00. The van der Waals surface area contributed by atoms with Crippen molar-refractivity contribution in [1.82, 2.24) is 4.72 Å². The van der Waals surface area contributed by atoms with Gasteiger partial charge in [-0.25, -0.2) is 17.9 Å². The Balaban J connectivity index is 3.12. The molecule has 0 radical (unpaired) electrons. The molecule has 0 aliphatic heterocycles. The smallest absolute Gasteiger partial charge is 0.335 e. The molecule has 1 aromatic rings. The van der Waals surface area contributed by atoms with E-state index in [0.29, 0.717) is 0 Å². The maximum atomic E-state index is 12.0. The Bertz CT molecular complexity index is 569. The predicted octanol–water partition coefficient (Wildman–Crippen LogP) is -0.221. The van der Waals surface area contributed by atoms with Crippen molar-refractivity contribution in [3.8, 4) is 0 Å². The maximum Gasteiger partial charge on any atom is 0.335 e. The van der Waals surface area contributed by atoms with Crippen LogP contribution in [-0.2, 0) is 10.0 Å². The normalized spacial score (nSPS) is 11.8. The number of aliphatic hydroxyl groups excluding tert-OH is 2. The van der Waals surface area contributed by atoms with E-state index in [0.717, 1.165) is 18.2 Å². The lowest BCUT2D eigenvalue weighted by atomic mass is 10.2. The van der Waals surface area contributed by atoms with Crippen LogP contribution in [0.4, 0.5) is 0 Å². The summed E-state index contributed by atoms with van der Waals surface area (Å²) >= 11 is 2.98. The molecule has 0 aliphatic carbocycles. The molecule has 4 N–H and O–H groups in total. The molecule has 0 saturated carbocycles. The summed E-state index contributed by atoms with van der Waals surface area (Å²) in [4.78, 5) is 10.6. The number of hydrogen-bond donors (Lipinski definition) is 4. The van der Waals surface area contributed by atoms with Gasteiger partial charge in [0.1, 0.15) is 0 Å². The van der Waals surface area contributed by atoms with Gasteiger partial charge in [0, 0.05) is 4.47 Å². The van der Waals surface area contributed by atoms with E-state index >= 15 is 0 Å². The van der Waals surface area contributed by atoms with Crippen LogP contribution in [-0.4, -0.2) is 49.0 Å². The number of aromatic carboxylic acids is 1. The Morgan fingerprint density at radius 2 is 1.89 bits per heavy atom. The van der Waals surface area contributed by atoms with Crippen LogP contribution in [0.3, 0.4) is 0 Å². The average Bonchev–Trinajstić information content (AvgIpc) is 2.35. The first-order valence-corrected chi connectivity index (χ1v) is 7.36. The zero-order valence-corrected chi connectivity index (χ0v) is 12.0. The monoisotopic (exact) mass is 353 g/mol. The van der Waals surface area contributed by atoms with Crippen molar-refractivity contribution in [2.75, 3.05) is 13.2 Å². The molecule has 0 aliphatic rings. The highest BCUT2D eigenvalue weighted by Crippen LogP contribution is 2.23. The number of carbonyl (C=O) groups is 1. The topological polar surface area (TPSA) is 124 Å². The van der Waals surface area contributed by atoms with Crippen LogP contribution in [0, 0.1) is 0 Å². The highest BCUT2D eigenvalue weighted by atomic mass is 79.9. The highest BCUT2D eigenvalue weighted by molar-refractivity contribution is 9.10. The second-order valence-electron chi connectivity index (χ2n) is 3.63. The summed E-state index contributed by atoms with van der Waals surface area (Å²) in [6.45, 7) is -1.11. The first-order chi connectivity index (χ1) is 8.81. The second kappa shape index (κ2) is 6.44. The molecule has 19 heavy (non-hydrogen) atoms. The zero-order chi connectivity index (χ0) is 14.6. The summed E-state index contributed by atoms with van der Waals surface area (Å²) < 4.78 is 26.1. The van der Waals surface area contributed by atoms with Crippen molar-refractivity contribution < 1.29 is 28.5 Å². The standard InChI is InChI=1S/C10H12BrNO6S/c11-8-3-6(10(15)16)1-2-9(8)19(17,18)12-7(4-13)5-14/h1-3,7,12-14H,4-5H2,(H,15,16). The van der Waals surface area contributed by atoms with E-state index in [9.17, 15) is 13.2 Å². The van der Waals surface area contributed by atoms with Gasteiger partial charge in [0.25, 0.3) is 0 Å². The van der Waals surface area contributed by atoms with Gasteiger partial charge in [0.2, 0.25) is 10.0 Å². The van der Waals surface area contributed by atoms with Gasteiger partial charge in [0.15, 0.2) is 0 Å². The molecule has 0 bridgehead atoms.